The standard InChI is InChI=1S/C16H27N3O3/c1-13-6-7-14(22-13)16(2,21)12-18-15(20)17-8-11-19-9-4-3-5-10-19/h6-7,21H,3-5,8-12H2,1-2H3,(H2,17,18,20). The van der Waals surface area contributed by atoms with Gasteiger partial charge in [0.1, 0.15) is 17.1 Å². The summed E-state index contributed by atoms with van der Waals surface area (Å²) >= 11 is 0. The molecular formula is C16H27N3O3. The van der Waals surface area contributed by atoms with Gasteiger partial charge in [0.15, 0.2) is 0 Å². The number of likely N-dealkylation sites (tertiary alicyclic amines) is 1. The Labute approximate surface area is 131 Å². The SMILES string of the molecule is Cc1ccc(C(C)(O)CNC(=O)NCCN2CCCCC2)o1. The lowest BCUT2D eigenvalue weighted by atomic mass is 10.0. The van der Waals surface area contributed by atoms with Crippen molar-refractivity contribution < 1.29 is 14.3 Å². The van der Waals surface area contributed by atoms with Gasteiger partial charge in [-0.25, -0.2) is 4.79 Å². The Morgan fingerprint density at radius 2 is 2.05 bits per heavy atom. The minimum Gasteiger partial charge on any atom is -0.463 e. The topological polar surface area (TPSA) is 77.7 Å². The summed E-state index contributed by atoms with van der Waals surface area (Å²) in [5, 5.41) is 15.8. The summed E-state index contributed by atoms with van der Waals surface area (Å²) in [5.74, 6) is 1.19. The van der Waals surface area contributed by atoms with E-state index in [1.165, 1.54) is 19.3 Å². The summed E-state index contributed by atoms with van der Waals surface area (Å²) in [6.07, 6.45) is 3.81. The lowest BCUT2D eigenvalue weighted by Gasteiger charge is -2.26. The second-order valence-corrected chi connectivity index (χ2v) is 6.20. The molecule has 124 valence electrons. The highest BCUT2D eigenvalue weighted by atomic mass is 16.4. The van der Waals surface area contributed by atoms with Crippen molar-refractivity contribution in [3.05, 3.63) is 23.7 Å². The Kier molecular flexibility index (Phi) is 5.85. The van der Waals surface area contributed by atoms with Crippen LogP contribution in [0.25, 0.3) is 0 Å². The van der Waals surface area contributed by atoms with Crippen LogP contribution in [0.15, 0.2) is 16.5 Å². The van der Waals surface area contributed by atoms with E-state index >= 15 is 0 Å². The van der Waals surface area contributed by atoms with Crippen molar-refractivity contribution in [2.75, 3.05) is 32.7 Å². The third kappa shape index (κ3) is 5.03. The lowest BCUT2D eigenvalue weighted by molar-refractivity contribution is 0.0359. The number of nitrogens with zero attached hydrogens (tertiary/aromatic N) is 1. The van der Waals surface area contributed by atoms with Crippen LogP contribution in [0.4, 0.5) is 4.79 Å². The Bertz CT molecular complexity index is 479. The third-order valence-electron chi connectivity index (χ3n) is 4.03. The summed E-state index contributed by atoms with van der Waals surface area (Å²) in [6, 6.07) is 3.26. The largest absolute Gasteiger partial charge is 0.463 e. The molecule has 1 fully saturated rings. The number of rotatable bonds is 6. The minimum atomic E-state index is -1.21. The predicted molar refractivity (Wildman–Crippen MR) is 84.7 cm³/mol. The van der Waals surface area contributed by atoms with Gasteiger partial charge >= 0.3 is 6.03 Å². The number of carbonyl (C=O) groups excluding carboxylic acids is 1. The summed E-state index contributed by atoms with van der Waals surface area (Å²) in [6.45, 7) is 7.29. The lowest BCUT2D eigenvalue weighted by Crippen LogP contribution is -2.45. The normalized spacial score (nSPS) is 18.7. The third-order valence-corrected chi connectivity index (χ3v) is 4.03. The summed E-state index contributed by atoms with van der Waals surface area (Å²) < 4.78 is 5.41. The summed E-state index contributed by atoms with van der Waals surface area (Å²) in [4.78, 5) is 14.2. The van der Waals surface area contributed by atoms with Crippen molar-refractivity contribution in [3.8, 4) is 0 Å². The van der Waals surface area contributed by atoms with Crippen LogP contribution in [0.3, 0.4) is 0 Å². The number of amides is 2. The first-order chi connectivity index (χ1) is 10.5. The smallest absolute Gasteiger partial charge is 0.314 e. The molecule has 2 amide bonds. The predicted octanol–water partition coefficient (Wildman–Crippen LogP) is 1.58. The van der Waals surface area contributed by atoms with E-state index in [2.05, 4.69) is 15.5 Å². The number of piperidine rings is 1. The van der Waals surface area contributed by atoms with Crippen molar-refractivity contribution in [1.29, 1.82) is 0 Å². The zero-order chi connectivity index (χ0) is 16.0. The van der Waals surface area contributed by atoms with Gasteiger partial charge in [0, 0.05) is 13.1 Å². The Morgan fingerprint density at radius 1 is 1.32 bits per heavy atom. The Morgan fingerprint density at radius 3 is 2.68 bits per heavy atom. The first kappa shape index (κ1) is 16.8. The molecule has 1 unspecified atom stereocenters. The number of urea groups is 1. The minimum absolute atomic E-state index is 0.107. The van der Waals surface area contributed by atoms with Crippen molar-refractivity contribution in [3.63, 3.8) is 0 Å². The van der Waals surface area contributed by atoms with Gasteiger partial charge in [-0.05, 0) is 51.9 Å². The molecule has 3 N–H and O–H groups in total. The monoisotopic (exact) mass is 309 g/mol. The number of aliphatic hydroxyl groups is 1. The van der Waals surface area contributed by atoms with Gasteiger partial charge in [-0.15, -0.1) is 0 Å². The Balaban J connectivity index is 1.66. The van der Waals surface area contributed by atoms with E-state index in [0.717, 1.165) is 25.4 Å². The van der Waals surface area contributed by atoms with Gasteiger partial charge in [-0.2, -0.15) is 0 Å². The molecule has 22 heavy (non-hydrogen) atoms. The van der Waals surface area contributed by atoms with E-state index in [-0.39, 0.29) is 12.6 Å². The molecule has 1 aromatic rings. The molecule has 6 heteroatoms. The molecule has 1 aromatic heterocycles. The van der Waals surface area contributed by atoms with Gasteiger partial charge in [0.25, 0.3) is 0 Å². The molecule has 6 nitrogen and oxygen atoms in total. The highest BCUT2D eigenvalue weighted by Crippen LogP contribution is 2.21. The van der Waals surface area contributed by atoms with E-state index in [0.29, 0.717) is 12.3 Å². The zero-order valence-electron chi connectivity index (χ0n) is 13.5. The van der Waals surface area contributed by atoms with Crippen LogP contribution in [0.1, 0.15) is 37.7 Å². The molecule has 0 bridgehead atoms. The molecule has 2 rings (SSSR count). The van der Waals surface area contributed by atoms with Crippen LogP contribution in [0.5, 0.6) is 0 Å². The number of carbonyl (C=O) groups is 1. The molecule has 1 aliphatic rings. The van der Waals surface area contributed by atoms with Crippen LogP contribution in [0.2, 0.25) is 0 Å². The van der Waals surface area contributed by atoms with Crippen molar-refractivity contribution in [1.82, 2.24) is 15.5 Å². The summed E-state index contributed by atoms with van der Waals surface area (Å²) in [7, 11) is 0. The molecular weight excluding hydrogens is 282 g/mol. The van der Waals surface area contributed by atoms with Crippen LogP contribution in [-0.2, 0) is 5.60 Å². The van der Waals surface area contributed by atoms with E-state index in [9.17, 15) is 9.90 Å². The number of hydrogen-bond acceptors (Lipinski definition) is 4. The first-order valence-corrected chi connectivity index (χ1v) is 8.01. The Hall–Kier alpha value is -1.53. The fourth-order valence-corrected chi connectivity index (χ4v) is 2.64. The van der Waals surface area contributed by atoms with Gasteiger partial charge in [0.2, 0.25) is 0 Å². The highest BCUT2D eigenvalue weighted by molar-refractivity contribution is 5.73. The molecule has 0 saturated carbocycles. The van der Waals surface area contributed by atoms with E-state index < -0.39 is 5.60 Å². The van der Waals surface area contributed by atoms with Crippen molar-refractivity contribution in [2.45, 2.75) is 38.7 Å². The van der Waals surface area contributed by atoms with Crippen LogP contribution >= 0.6 is 0 Å². The molecule has 0 aliphatic carbocycles. The molecule has 0 spiro atoms. The highest BCUT2D eigenvalue weighted by Gasteiger charge is 2.27. The first-order valence-electron chi connectivity index (χ1n) is 8.01. The van der Waals surface area contributed by atoms with Crippen LogP contribution in [0, 0.1) is 6.92 Å². The van der Waals surface area contributed by atoms with Gasteiger partial charge in [-0.3, -0.25) is 0 Å². The zero-order valence-corrected chi connectivity index (χ0v) is 13.5. The molecule has 0 radical (unpaired) electrons. The fourth-order valence-electron chi connectivity index (χ4n) is 2.64. The van der Waals surface area contributed by atoms with Gasteiger partial charge < -0.3 is 25.1 Å². The van der Waals surface area contributed by atoms with Gasteiger partial charge in [0.05, 0.1) is 6.54 Å². The van der Waals surface area contributed by atoms with Crippen LogP contribution in [-0.4, -0.2) is 48.8 Å². The van der Waals surface area contributed by atoms with E-state index in [1.54, 1.807) is 19.1 Å². The fraction of sp³-hybridized carbons (Fsp3) is 0.688. The molecule has 1 atom stereocenters. The molecule has 2 heterocycles. The number of furan rings is 1. The summed E-state index contributed by atoms with van der Waals surface area (Å²) in [5.41, 5.74) is -1.21. The maximum Gasteiger partial charge on any atom is 0.314 e. The number of nitrogens with one attached hydrogen (secondary N) is 2. The average molecular weight is 309 g/mol. The molecule has 1 saturated heterocycles. The number of aryl methyl sites for hydroxylation is 1. The van der Waals surface area contributed by atoms with E-state index in [1.807, 2.05) is 6.92 Å². The second-order valence-electron chi connectivity index (χ2n) is 6.20. The van der Waals surface area contributed by atoms with Crippen molar-refractivity contribution in [2.24, 2.45) is 0 Å². The van der Waals surface area contributed by atoms with Crippen LogP contribution < -0.4 is 10.6 Å². The van der Waals surface area contributed by atoms with E-state index in [4.69, 9.17) is 4.42 Å². The second kappa shape index (κ2) is 7.65. The number of hydrogen-bond donors (Lipinski definition) is 3. The van der Waals surface area contributed by atoms with Gasteiger partial charge in [-0.1, -0.05) is 6.42 Å². The maximum atomic E-state index is 11.8. The average Bonchev–Trinajstić information content (AvgIpc) is 2.94. The molecule has 1 aliphatic heterocycles. The quantitative estimate of drug-likeness (QED) is 0.745. The maximum absolute atomic E-state index is 11.8. The van der Waals surface area contributed by atoms with Crippen molar-refractivity contribution >= 4 is 6.03 Å². The molecule has 0 aromatic carbocycles.